The molecule has 5 nitrogen and oxygen atoms in total. The first-order valence-corrected chi connectivity index (χ1v) is 8.69. The number of ether oxygens (including phenoxy) is 1. The molecule has 2 heterocycles. The standard InChI is InChI=1S/C18H26ClN3O2/c1-17(2)11-22(9-8-18(17,23)12-24-4)10-14-16-13(19)6-5-7-15(16)21(3)20-14/h5-7,23H,8-12H2,1-4H3/t18-/m1/s1. The number of fused-ring (bicyclic) bond motifs is 1. The Labute approximate surface area is 148 Å². The van der Waals surface area contributed by atoms with Crippen LogP contribution in [0.4, 0.5) is 0 Å². The number of piperidine rings is 1. The SMILES string of the molecule is COC[C@]1(O)CCN(Cc2nn(C)c3cccc(Cl)c23)CC1(C)C. The third-order valence-electron chi connectivity index (χ3n) is 5.38. The third-order valence-corrected chi connectivity index (χ3v) is 5.69. The van der Waals surface area contributed by atoms with Gasteiger partial charge in [-0.15, -0.1) is 0 Å². The topological polar surface area (TPSA) is 50.5 Å². The van der Waals surface area contributed by atoms with Crippen molar-refractivity contribution in [3.05, 3.63) is 28.9 Å². The van der Waals surface area contributed by atoms with Gasteiger partial charge in [0.2, 0.25) is 0 Å². The number of methoxy groups -OCH3 is 1. The van der Waals surface area contributed by atoms with Gasteiger partial charge in [0.25, 0.3) is 0 Å². The summed E-state index contributed by atoms with van der Waals surface area (Å²) in [7, 11) is 3.59. The number of nitrogens with zero attached hydrogens (tertiary/aromatic N) is 3. The molecule has 0 aliphatic carbocycles. The summed E-state index contributed by atoms with van der Waals surface area (Å²) in [5.41, 5.74) is 0.994. The van der Waals surface area contributed by atoms with E-state index in [2.05, 4.69) is 23.8 Å². The van der Waals surface area contributed by atoms with Crippen molar-refractivity contribution in [3.63, 3.8) is 0 Å². The molecular weight excluding hydrogens is 326 g/mol. The number of aryl methyl sites for hydroxylation is 1. The quantitative estimate of drug-likeness (QED) is 0.920. The Kier molecular flexibility index (Phi) is 4.64. The van der Waals surface area contributed by atoms with E-state index in [0.717, 1.165) is 41.3 Å². The maximum Gasteiger partial charge on any atom is 0.0954 e. The van der Waals surface area contributed by atoms with Crippen molar-refractivity contribution in [1.29, 1.82) is 0 Å². The molecule has 132 valence electrons. The van der Waals surface area contributed by atoms with Gasteiger partial charge < -0.3 is 9.84 Å². The molecule has 0 saturated carbocycles. The number of halogens is 1. The fourth-order valence-electron chi connectivity index (χ4n) is 3.78. The highest BCUT2D eigenvalue weighted by molar-refractivity contribution is 6.35. The lowest BCUT2D eigenvalue weighted by Crippen LogP contribution is -2.59. The molecule has 1 saturated heterocycles. The zero-order valence-electron chi connectivity index (χ0n) is 14.8. The lowest BCUT2D eigenvalue weighted by molar-refractivity contribution is -0.151. The summed E-state index contributed by atoms with van der Waals surface area (Å²) >= 11 is 6.41. The predicted molar refractivity (Wildman–Crippen MR) is 96.2 cm³/mol. The molecule has 1 fully saturated rings. The molecule has 1 aromatic carbocycles. The maximum atomic E-state index is 10.9. The van der Waals surface area contributed by atoms with E-state index in [4.69, 9.17) is 16.3 Å². The summed E-state index contributed by atoms with van der Waals surface area (Å²) in [6.45, 7) is 6.89. The van der Waals surface area contributed by atoms with Crippen LogP contribution in [-0.2, 0) is 18.3 Å². The van der Waals surface area contributed by atoms with Gasteiger partial charge >= 0.3 is 0 Å². The fourth-order valence-corrected chi connectivity index (χ4v) is 4.06. The number of rotatable bonds is 4. The average molecular weight is 352 g/mol. The zero-order chi connectivity index (χ0) is 17.5. The van der Waals surface area contributed by atoms with E-state index in [0.29, 0.717) is 13.0 Å². The number of aliphatic hydroxyl groups is 1. The number of hydrogen-bond donors (Lipinski definition) is 1. The first kappa shape index (κ1) is 17.7. The van der Waals surface area contributed by atoms with Crippen molar-refractivity contribution in [2.75, 3.05) is 26.8 Å². The second-order valence-electron chi connectivity index (χ2n) is 7.51. The molecule has 2 aromatic rings. The molecular formula is C18H26ClN3O2. The van der Waals surface area contributed by atoms with Crippen molar-refractivity contribution in [2.24, 2.45) is 12.5 Å². The second kappa shape index (κ2) is 6.30. The summed E-state index contributed by atoms with van der Waals surface area (Å²) in [6, 6.07) is 5.90. The van der Waals surface area contributed by atoms with Gasteiger partial charge in [0.15, 0.2) is 0 Å². The summed E-state index contributed by atoms with van der Waals surface area (Å²) < 4.78 is 7.13. The van der Waals surface area contributed by atoms with Crippen molar-refractivity contribution in [1.82, 2.24) is 14.7 Å². The number of hydrogen-bond acceptors (Lipinski definition) is 4. The van der Waals surface area contributed by atoms with Crippen LogP contribution < -0.4 is 0 Å². The highest BCUT2D eigenvalue weighted by Crippen LogP contribution is 2.39. The van der Waals surface area contributed by atoms with Gasteiger partial charge in [0.05, 0.1) is 28.4 Å². The molecule has 0 spiro atoms. The van der Waals surface area contributed by atoms with E-state index in [9.17, 15) is 5.11 Å². The van der Waals surface area contributed by atoms with Crippen molar-refractivity contribution in [3.8, 4) is 0 Å². The first-order chi connectivity index (χ1) is 11.3. The minimum Gasteiger partial charge on any atom is -0.387 e. The van der Waals surface area contributed by atoms with Crippen LogP contribution in [0.5, 0.6) is 0 Å². The average Bonchev–Trinajstić information content (AvgIpc) is 2.81. The Morgan fingerprint density at radius 2 is 2.12 bits per heavy atom. The van der Waals surface area contributed by atoms with Crippen LogP contribution in [0.25, 0.3) is 10.9 Å². The smallest absolute Gasteiger partial charge is 0.0954 e. The van der Waals surface area contributed by atoms with Crippen molar-refractivity contribution < 1.29 is 9.84 Å². The molecule has 1 atom stereocenters. The number of likely N-dealkylation sites (tertiary alicyclic amines) is 1. The molecule has 0 radical (unpaired) electrons. The Morgan fingerprint density at radius 1 is 1.38 bits per heavy atom. The number of benzene rings is 1. The lowest BCUT2D eigenvalue weighted by Gasteiger charge is -2.49. The fraction of sp³-hybridized carbons (Fsp3) is 0.611. The highest BCUT2D eigenvalue weighted by atomic mass is 35.5. The third kappa shape index (κ3) is 2.94. The van der Waals surface area contributed by atoms with E-state index in [1.54, 1.807) is 7.11 Å². The van der Waals surface area contributed by atoms with E-state index in [1.165, 1.54) is 0 Å². The monoisotopic (exact) mass is 351 g/mol. The molecule has 0 bridgehead atoms. The predicted octanol–water partition coefficient (Wildman–Crippen LogP) is 2.84. The van der Waals surface area contributed by atoms with Crippen molar-refractivity contribution >= 4 is 22.5 Å². The maximum absolute atomic E-state index is 10.9. The second-order valence-corrected chi connectivity index (χ2v) is 7.92. The first-order valence-electron chi connectivity index (χ1n) is 8.31. The van der Waals surface area contributed by atoms with Gasteiger partial charge in [-0.1, -0.05) is 31.5 Å². The van der Waals surface area contributed by atoms with E-state index in [1.807, 2.05) is 29.9 Å². The molecule has 1 aliphatic heterocycles. The molecule has 24 heavy (non-hydrogen) atoms. The van der Waals surface area contributed by atoms with E-state index in [-0.39, 0.29) is 5.41 Å². The lowest BCUT2D eigenvalue weighted by atomic mass is 9.70. The Hall–Kier alpha value is -1.14. The largest absolute Gasteiger partial charge is 0.387 e. The van der Waals surface area contributed by atoms with Gasteiger partial charge in [0.1, 0.15) is 0 Å². The minimum absolute atomic E-state index is 0.254. The molecule has 1 aromatic heterocycles. The van der Waals surface area contributed by atoms with Gasteiger partial charge in [-0.2, -0.15) is 5.10 Å². The van der Waals surface area contributed by atoms with E-state index >= 15 is 0 Å². The van der Waals surface area contributed by atoms with Gasteiger partial charge in [-0.3, -0.25) is 9.58 Å². The van der Waals surface area contributed by atoms with Crippen LogP contribution in [0, 0.1) is 5.41 Å². The van der Waals surface area contributed by atoms with Crippen LogP contribution in [0.2, 0.25) is 5.02 Å². The minimum atomic E-state index is -0.790. The van der Waals surface area contributed by atoms with Crippen LogP contribution in [-0.4, -0.2) is 52.2 Å². The Balaban J connectivity index is 1.84. The van der Waals surface area contributed by atoms with Crippen LogP contribution in [0.1, 0.15) is 26.0 Å². The summed E-state index contributed by atoms with van der Waals surface area (Å²) in [5, 5.41) is 17.3. The summed E-state index contributed by atoms with van der Waals surface area (Å²) in [5.74, 6) is 0. The number of aromatic nitrogens is 2. The van der Waals surface area contributed by atoms with E-state index < -0.39 is 5.60 Å². The summed E-state index contributed by atoms with van der Waals surface area (Å²) in [4.78, 5) is 2.34. The van der Waals surface area contributed by atoms with Gasteiger partial charge in [0, 0.05) is 44.6 Å². The Bertz CT molecular complexity index is 743. The van der Waals surface area contributed by atoms with Gasteiger partial charge in [-0.25, -0.2) is 0 Å². The van der Waals surface area contributed by atoms with Crippen LogP contribution >= 0.6 is 11.6 Å². The highest BCUT2D eigenvalue weighted by Gasteiger charge is 2.47. The Morgan fingerprint density at radius 3 is 2.79 bits per heavy atom. The molecule has 1 N–H and O–H groups in total. The van der Waals surface area contributed by atoms with Crippen LogP contribution in [0.3, 0.4) is 0 Å². The molecule has 1 aliphatic rings. The molecule has 0 amide bonds. The summed E-state index contributed by atoms with van der Waals surface area (Å²) in [6.07, 6.45) is 0.687. The zero-order valence-corrected chi connectivity index (χ0v) is 15.6. The molecule has 3 rings (SSSR count). The molecule has 0 unspecified atom stereocenters. The van der Waals surface area contributed by atoms with Crippen molar-refractivity contribution in [2.45, 2.75) is 32.4 Å². The van der Waals surface area contributed by atoms with Gasteiger partial charge in [-0.05, 0) is 18.6 Å². The normalized spacial score (nSPS) is 24.6. The molecule has 6 heteroatoms. The van der Waals surface area contributed by atoms with Crippen LogP contribution in [0.15, 0.2) is 18.2 Å².